The van der Waals surface area contributed by atoms with Gasteiger partial charge in [-0.05, 0) is 25.3 Å². The second-order valence-corrected chi connectivity index (χ2v) is 5.27. The quantitative estimate of drug-likeness (QED) is 0.879. The van der Waals surface area contributed by atoms with Crippen molar-refractivity contribution in [3.8, 4) is 0 Å². The highest BCUT2D eigenvalue weighted by atomic mass is 19.3. The molecule has 1 aromatic rings. The van der Waals surface area contributed by atoms with Gasteiger partial charge >= 0.3 is 0 Å². The van der Waals surface area contributed by atoms with Crippen LogP contribution in [-0.2, 0) is 7.05 Å². The molecular formula is C13H21F2N3. The molecule has 2 rings (SSSR count). The van der Waals surface area contributed by atoms with E-state index in [9.17, 15) is 8.78 Å². The lowest BCUT2D eigenvalue weighted by Crippen LogP contribution is -2.24. The predicted octanol–water partition coefficient (Wildman–Crippen LogP) is 2.90. The zero-order valence-corrected chi connectivity index (χ0v) is 11.0. The SMILES string of the molecule is CCNC(CC1CCC(F)(F)C1)c1cn(C)cn1. The van der Waals surface area contributed by atoms with Gasteiger partial charge in [-0.1, -0.05) is 6.92 Å². The highest BCUT2D eigenvalue weighted by molar-refractivity contribution is 5.04. The molecule has 0 aromatic carbocycles. The van der Waals surface area contributed by atoms with Crippen molar-refractivity contribution in [1.82, 2.24) is 14.9 Å². The number of aryl methyl sites for hydroxylation is 1. The maximum Gasteiger partial charge on any atom is 0.248 e. The number of nitrogens with zero attached hydrogens (tertiary/aromatic N) is 2. The maximum atomic E-state index is 13.2. The van der Waals surface area contributed by atoms with Crippen molar-refractivity contribution in [2.45, 2.75) is 44.6 Å². The van der Waals surface area contributed by atoms with E-state index in [2.05, 4.69) is 10.3 Å². The van der Waals surface area contributed by atoms with E-state index in [4.69, 9.17) is 0 Å². The van der Waals surface area contributed by atoms with E-state index in [1.54, 1.807) is 6.33 Å². The summed E-state index contributed by atoms with van der Waals surface area (Å²) in [6, 6.07) is 0.0927. The summed E-state index contributed by atoms with van der Waals surface area (Å²) in [6.45, 7) is 2.85. The van der Waals surface area contributed by atoms with E-state index in [1.165, 1.54) is 0 Å². The Hall–Kier alpha value is -0.970. The van der Waals surface area contributed by atoms with Gasteiger partial charge in [0.1, 0.15) is 0 Å². The summed E-state index contributed by atoms with van der Waals surface area (Å²) >= 11 is 0. The van der Waals surface area contributed by atoms with Crippen molar-refractivity contribution in [3.63, 3.8) is 0 Å². The Labute approximate surface area is 107 Å². The molecule has 102 valence electrons. The van der Waals surface area contributed by atoms with E-state index in [-0.39, 0.29) is 24.8 Å². The number of halogens is 2. The van der Waals surface area contributed by atoms with Gasteiger partial charge in [0.05, 0.1) is 18.1 Å². The maximum absolute atomic E-state index is 13.2. The van der Waals surface area contributed by atoms with Crippen LogP contribution in [0.5, 0.6) is 0 Å². The van der Waals surface area contributed by atoms with Crippen molar-refractivity contribution < 1.29 is 8.78 Å². The van der Waals surface area contributed by atoms with Crippen LogP contribution in [-0.4, -0.2) is 22.0 Å². The number of alkyl halides is 2. The third-order valence-electron chi connectivity index (χ3n) is 3.61. The second kappa shape index (κ2) is 5.34. The van der Waals surface area contributed by atoms with Crippen LogP contribution in [0.1, 0.15) is 44.3 Å². The Bertz CT molecular complexity index is 389. The van der Waals surface area contributed by atoms with Crippen molar-refractivity contribution in [1.29, 1.82) is 0 Å². The lowest BCUT2D eigenvalue weighted by atomic mass is 9.96. The number of imidazole rings is 1. The summed E-state index contributed by atoms with van der Waals surface area (Å²) in [5.74, 6) is -2.35. The molecule has 0 spiro atoms. The lowest BCUT2D eigenvalue weighted by molar-refractivity contribution is 0.00429. The van der Waals surface area contributed by atoms with Gasteiger partial charge in [-0.25, -0.2) is 13.8 Å². The van der Waals surface area contributed by atoms with E-state index >= 15 is 0 Å². The van der Waals surface area contributed by atoms with Crippen LogP contribution in [0, 0.1) is 5.92 Å². The summed E-state index contributed by atoms with van der Waals surface area (Å²) in [6.07, 6.45) is 5.16. The minimum Gasteiger partial charge on any atom is -0.340 e. The molecule has 1 heterocycles. The summed E-state index contributed by atoms with van der Waals surface area (Å²) in [5.41, 5.74) is 0.953. The van der Waals surface area contributed by atoms with Crippen LogP contribution in [0.15, 0.2) is 12.5 Å². The first-order valence-electron chi connectivity index (χ1n) is 6.59. The molecule has 2 atom stereocenters. The Morgan fingerprint density at radius 1 is 1.61 bits per heavy atom. The first-order valence-corrected chi connectivity index (χ1v) is 6.59. The smallest absolute Gasteiger partial charge is 0.248 e. The Balaban J connectivity index is 1.99. The Kier molecular flexibility index (Phi) is 4.00. The molecule has 0 bridgehead atoms. The molecule has 1 saturated carbocycles. The molecule has 1 aromatic heterocycles. The van der Waals surface area contributed by atoms with Crippen LogP contribution in [0.2, 0.25) is 0 Å². The largest absolute Gasteiger partial charge is 0.340 e. The Morgan fingerprint density at radius 3 is 2.89 bits per heavy atom. The van der Waals surface area contributed by atoms with Crippen molar-refractivity contribution >= 4 is 0 Å². The van der Waals surface area contributed by atoms with Gasteiger partial charge in [-0.2, -0.15) is 0 Å². The molecule has 0 radical (unpaired) electrons. The molecular weight excluding hydrogens is 236 g/mol. The molecule has 5 heteroatoms. The molecule has 3 nitrogen and oxygen atoms in total. The average molecular weight is 257 g/mol. The first kappa shape index (κ1) is 13.5. The molecule has 1 aliphatic rings. The highest BCUT2D eigenvalue weighted by Crippen LogP contribution is 2.42. The van der Waals surface area contributed by atoms with Crippen LogP contribution in [0.25, 0.3) is 0 Å². The summed E-state index contributed by atoms with van der Waals surface area (Å²) < 4.78 is 28.3. The normalized spacial score (nSPS) is 24.3. The third-order valence-corrected chi connectivity index (χ3v) is 3.61. The number of nitrogens with one attached hydrogen (secondary N) is 1. The van der Waals surface area contributed by atoms with Gasteiger partial charge in [0.25, 0.3) is 0 Å². The van der Waals surface area contributed by atoms with Gasteiger partial charge in [-0.15, -0.1) is 0 Å². The van der Waals surface area contributed by atoms with Gasteiger partial charge in [-0.3, -0.25) is 0 Å². The number of aromatic nitrogens is 2. The topological polar surface area (TPSA) is 29.9 Å². The predicted molar refractivity (Wildman–Crippen MR) is 66.5 cm³/mol. The number of rotatable bonds is 5. The first-order chi connectivity index (χ1) is 8.50. The zero-order valence-electron chi connectivity index (χ0n) is 11.0. The molecule has 0 aliphatic heterocycles. The fourth-order valence-electron chi connectivity index (χ4n) is 2.74. The average Bonchev–Trinajstić information content (AvgIpc) is 2.84. The third kappa shape index (κ3) is 3.28. The minimum atomic E-state index is -2.45. The number of hydrogen-bond acceptors (Lipinski definition) is 2. The van der Waals surface area contributed by atoms with Crippen molar-refractivity contribution in [2.24, 2.45) is 13.0 Å². The van der Waals surface area contributed by atoms with E-state index in [0.29, 0.717) is 6.42 Å². The van der Waals surface area contributed by atoms with Crippen LogP contribution < -0.4 is 5.32 Å². The second-order valence-electron chi connectivity index (χ2n) is 5.27. The monoisotopic (exact) mass is 257 g/mol. The van der Waals surface area contributed by atoms with Gasteiger partial charge in [0.2, 0.25) is 5.92 Å². The van der Waals surface area contributed by atoms with Gasteiger partial charge in [0, 0.05) is 26.1 Å². The van der Waals surface area contributed by atoms with Crippen LogP contribution in [0.4, 0.5) is 8.78 Å². The summed E-state index contributed by atoms with van der Waals surface area (Å²) in [5, 5.41) is 3.35. The molecule has 1 aliphatic carbocycles. The highest BCUT2D eigenvalue weighted by Gasteiger charge is 2.40. The van der Waals surface area contributed by atoms with Crippen molar-refractivity contribution in [2.75, 3.05) is 6.54 Å². The molecule has 1 N–H and O–H groups in total. The van der Waals surface area contributed by atoms with Crippen LogP contribution in [0.3, 0.4) is 0 Å². The zero-order chi connectivity index (χ0) is 13.2. The standard InChI is InChI=1S/C13H21F2N3/c1-3-16-11(12-8-18(2)9-17-12)6-10-4-5-13(14,15)7-10/h8-11,16H,3-7H2,1-2H3. The van der Waals surface area contributed by atoms with E-state index < -0.39 is 5.92 Å². The molecule has 0 amide bonds. The van der Waals surface area contributed by atoms with Gasteiger partial charge < -0.3 is 9.88 Å². The van der Waals surface area contributed by atoms with E-state index in [1.807, 2.05) is 24.7 Å². The lowest BCUT2D eigenvalue weighted by Gasteiger charge is -2.19. The van der Waals surface area contributed by atoms with E-state index in [0.717, 1.165) is 18.7 Å². The molecule has 1 fully saturated rings. The van der Waals surface area contributed by atoms with Crippen LogP contribution >= 0.6 is 0 Å². The minimum absolute atomic E-state index is 0.0295. The molecule has 0 saturated heterocycles. The Morgan fingerprint density at radius 2 is 2.39 bits per heavy atom. The summed E-state index contributed by atoms with van der Waals surface area (Å²) in [7, 11) is 1.92. The fraction of sp³-hybridized carbons (Fsp3) is 0.769. The van der Waals surface area contributed by atoms with Gasteiger partial charge in [0.15, 0.2) is 0 Å². The molecule has 18 heavy (non-hydrogen) atoms. The van der Waals surface area contributed by atoms with Crippen molar-refractivity contribution in [3.05, 3.63) is 18.2 Å². The summed E-state index contributed by atoms with van der Waals surface area (Å²) in [4.78, 5) is 4.33. The fourth-order valence-corrected chi connectivity index (χ4v) is 2.74. The molecule has 2 unspecified atom stereocenters. The number of hydrogen-bond donors (Lipinski definition) is 1.